The Bertz CT molecular complexity index is 593. The molecule has 2 heterocycles. The van der Waals surface area contributed by atoms with Crippen LogP contribution in [0.25, 0.3) is 0 Å². The largest absolute Gasteiger partial charge is 0.444 e. The van der Waals surface area contributed by atoms with Crippen molar-refractivity contribution in [2.75, 3.05) is 0 Å². The summed E-state index contributed by atoms with van der Waals surface area (Å²) in [6.07, 6.45) is 3.69. The number of hydrogen-bond donors (Lipinski definition) is 1. The monoisotopic (exact) mass is 339 g/mol. The van der Waals surface area contributed by atoms with Gasteiger partial charge in [-0.15, -0.1) is 0 Å². The highest BCUT2D eigenvalue weighted by molar-refractivity contribution is 9.10. The van der Waals surface area contributed by atoms with Crippen molar-refractivity contribution in [2.45, 2.75) is 50.8 Å². The summed E-state index contributed by atoms with van der Waals surface area (Å²) in [6.45, 7) is 5.73. The van der Waals surface area contributed by atoms with Crippen LogP contribution < -0.4 is 0 Å². The van der Waals surface area contributed by atoms with Crippen LogP contribution >= 0.6 is 15.9 Å². The number of imidazole rings is 1. The Kier molecular flexibility index (Phi) is 2.27. The lowest BCUT2D eigenvalue weighted by Crippen LogP contribution is -2.41. The third kappa shape index (κ3) is 1.60. The number of aromatic nitrogens is 2. The maximum absolute atomic E-state index is 12.6. The Labute approximate surface area is 126 Å². The number of carbonyl (C=O) groups is 1. The van der Waals surface area contributed by atoms with Gasteiger partial charge in [-0.05, 0) is 61.4 Å². The fourth-order valence-corrected chi connectivity index (χ4v) is 4.10. The maximum atomic E-state index is 12.6. The molecule has 2 aliphatic carbocycles. The van der Waals surface area contributed by atoms with Crippen molar-refractivity contribution in [3.63, 3.8) is 0 Å². The van der Waals surface area contributed by atoms with Crippen LogP contribution in [0.2, 0.25) is 0 Å². The van der Waals surface area contributed by atoms with Crippen molar-refractivity contribution in [2.24, 2.45) is 11.8 Å². The molecule has 1 aliphatic heterocycles. The average Bonchev–Trinajstić information content (AvgIpc) is 3.05. The zero-order valence-electron chi connectivity index (χ0n) is 11.8. The Morgan fingerprint density at radius 3 is 2.85 bits per heavy atom. The molecule has 6 heteroatoms. The van der Waals surface area contributed by atoms with Crippen LogP contribution in [-0.4, -0.2) is 32.1 Å². The van der Waals surface area contributed by atoms with Crippen LogP contribution in [0.3, 0.4) is 0 Å². The van der Waals surface area contributed by atoms with E-state index in [0.717, 1.165) is 23.3 Å². The van der Waals surface area contributed by atoms with E-state index in [1.54, 1.807) is 6.20 Å². The van der Waals surface area contributed by atoms with Gasteiger partial charge < -0.3 is 9.72 Å². The first kappa shape index (κ1) is 12.7. The standard InChI is InChI=1S/C14H18BrN3O2/c1-13(2,3)20-12(19)18-9(11-16-6-10(15)17-11)4-7-8-5-14(7,8)18/h6-9H,4-5H2,1-3H3,(H,16,17). The minimum Gasteiger partial charge on any atom is -0.444 e. The van der Waals surface area contributed by atoms with Crippen LogP contribution in [-0.2, 0) is 4.74 Å². The van der Waals surface area contributed by atoms with Crippen LogP contribution in [0.1, 0.15) is 45.5 Å². The Hall–Kier alpha value is -1.04. The molecule has 1 spiro atoms. The van der Waals surface area contributed by atoms with E-state index in [4.69, 9.17) is 4.74 Å². The lowest BCUT2D eigenvalue weighted by molar-refractivity contribution is 0.0136. The number of amides is 1. The van der Waals surface area contributed by atoms with Crippen molar-refractivity contribution in [3.8, 4) is 0 Å². The van der Waals surface area contributed by atoms with E-state index in [1.807, 2.05) is 25.7 Å². The van der Waals surface area contributed by atoms with Gasteiger partial charge >= 0.3 is 6.09 Å². The number of hydrogen-bond acceptors (Lipinski definition) is 3. The SMILES string of the molecule is CC(C)(C)OC(=O)N1C(c2ncc(Br)[nH]2)CC2C3CC231. The van der Waals surface area contributed by atoms with Gasteiger partial charge in [0.15, 0.2) is 0 Å². The molecule has 2 saturated carbocycles. The number of H-pyrrole nitrogens is 1. The van der Waals surface area contributed by atoms with Gasteiger partial charge in [-0.25, -0.2) is 9.78 Å². The van der Waals surface area contributed by atoms with Gasteiger partial charge in [0.1, 0.15) is 16.0 Å². The maximum Gasteiger partial charge on any atom is 0.411 e. The minimum atomic E-state index is -0.459. The van der Waals surface area contributed by atoms with Crippen LogP contribution in [0.5, 0.6) is 0 Å². The molecule has 108 valence electrons. The number of nitrogens with zero attached hydrogens (tertiary/aromatic N) is 2. The summed E-state index contributed by atoms with van der Waals surface area (Å²) >= 11 is 3.38. The third-order valence-corrected chi connectivity index (χ3v) is 5.16. The van der Waals surface area contributed by atoms with Gasteiger partial charge in [0.05, 0.1) is 17.8 Å². The molecule has 0 aromatic carbocycles. The summed E-state index contributed by atoms with van der Waals surface area (Å²) in [5, 5.41) is 0. The second-order valence-electron chi connectivity index (χ2n) is 7.13. The van der Waals surface area contributed by atoms with Crippen molar-refractivity contribution < 1.29 is 9.53 Å². The summed E-state index contributed by atoms with van der Waals surface area (Å²) in [7, 11) is 0. The first-order valence-electron chi connectivity index (χ1n) is 7.05. The molecular formula is C14H18BrN3O2. The minimum absolute atomic E-state index is 0.0277. The molecule has 4 unspecified atom stereocenters. The number of piperidine rings is 1. The molecule has 1 aromatic rings. The van der Waals surface area contributed by atoms with Crippen molar-refractivity contribution in [1.82, 2.24) is 14.9 Å². The fraction of sp³-hybridized carbons (Fsp3) is 0.714. The van der Waals surface area contributed by atoms with E-state index in [-0.39, 0.29) is 17.7 Å². The van der Waals surface area contributed by atoms with Crippen LogP contribution in [0, 0.1) is 11.8 Å². The number of carbonyl (C=O) groups excluding carboxylic acids is 1. The van der Waals surface area contributed by atoms with Gasteiger partial charge in [0.2, 0.25) is 0 Å². The van der Waals surface area contributed by atoms with Gasteiger partial charge in [0.25, 0.3) is 0 Å². The molecule has 4 atom stereocenters. The van der Waals surface area contributed by atoms with Gasteiger partial charge in [0, 0.05) is 0 Å². The van der Waals surface area contributed by atoms with E-state index in [2.05, 4.69) is 25.9 Å². The van der Waals surface area contributed by atoms with Crippen molar-refractivity contribution in [1.29, 1.82) is 0 Å². The van der Waals surface area contributed by atoms with Gasteiger partial charge in [-0.3, -0.25) is 4.90 Å². The summed E-state index contributed by atoms with van der Waals surface area (Å²) in [5.74, 6) is 2.23. The molecule has 0 bridgehead atoms. The first-order valence-corrected chi connectivity index (χ1v) is 7.85. The zero-order chi connectivity index (χ0) is 14.3. The zero-order valence-corrected chi connectivity index (χ0v) is 13.4. The Morgan fingerprint density at radius 2 is 2.30 bits per heavy atom. The molecular weight excluding hydrogens is 322 g/mol. The van der Waals surface area contributed by atoms with Crippen molar-refractivity contribution >= 4 is 22.0 Å². The molecule has 0 radical (unpaired) electrons. The third-order valence-electron chi connectivity index (χ3n) is 4.76. The number of ether oxygens (including phenoxy) is 1. The predicted molar refractivity (Wildman–Crippen MR) is 76.0 cm³/mol. The van der Waals surface area contributed by atoms with E-state index in [1.165, 1.54) is 0 Å². The molecule has 5 nitrogen and oxygen atoms in total. The van der Waals surface area contributed by atoms with Crippen LogP contribution in [0.4, 0.5) is 4.79 Å². The normalized spacial score (nSPS) is 37.4. The summed E-state index contributed by atoms with van der Waals surface area (Å²) < 4.78 is 6.45. The number of nitrogens with one attached hydrogen (secondary N) is 1. The molecule has 4 rings (SSSR count). The van der Waals surface area contributed by atoms with E-state index < -0.39 is 5.60 Å². The molecule has 1 saturated heterocycles. The highest BCUT2D eigenvalue weighted by atomic mass is 79.9. The smallest absolute Gasteiger partial charge is 0.411 e. The molecule has 1 N–H and O–H groups in total. The first-order chi connectivity index (χ1) is 9.33. The average molecular weight is 340 g/mol. The number of likely N-dealkylation sites (tertiary alicyclic amines) is 1. The Morgan fingerprint density at radius 1 is 1.55 bits per heavy atom. The van der Waals surface area contributed by atoms with E-state index >= 15 is 0 Å². The van der Waals surface area contributed by atoms with Gasteiger partial charge in [-0.2, -0.15) is 0 Å². The predicted octanol–water partition coefficient (Wildman–Crippen LogP) is 3.24. The second kappa shape index (κ2) is 3.59. The summed E-state index contributed by atoms with van der Waals surface area (Å²) in [4.78, 5) is 22.1. The lowest BCUT2D eigenvalue weighted by Gasteiger charge is -2.30. The molecule has 3 aliphatic rings. The number of rotatable bonds is 1. The molecule has 1 amide bonds. The van der Waals surface area contributed by atoms with E-state index in [9.17, 15) is 4.79 Å². The van der Waals surface area contributed by atoms with E-state index in [0.29, 0.717) is 11.8 Å². The fourth-order valence-electron chi connectivity index (χ4n) is 3.80. The van der Waals surface area contributed by atoms with Crippen LogP contribution in [0.15, 0.2) is 10.8 Å². The molecule has 3 fully saturated rings. The summed E-state index contributed by atoms with van der Waals surface area (Å²) in [5.41, 5.74) is -0.356. The molecule has 1 aromatic heterocycles. The highest BCUT2D eigenvalue weighted by Gasteiger charge is 2.87. The number of aromatic amines is 1. The Balaban J connectivity index is 1.62. The van der Waals surface area contributed by atoms with Gasteiger partial charge in [-0.1, -0.05) is 0 Å². The quantitative estimate of drug-likeness (QED) is 0.854. The number of halogens is 1. The molecule has 20 heavy (non-hydrogen) atoms. The number of fused-ring (bicyclic) bond motifs is 1. The highest BCUT2D eigenvalue weighted by Crippen LogP contribution is 2.82. The summed E-state index contributed by atoms with van der Waals surface area (Å²) in [6, 6.07) is 0.0277. The second-order valence-corrected chi connectivity index (χ2v) is 7.98. The topological polar surface area (TPSA) is 58.2 Å². The van der Waals surface area contributed by atoms with Crippen molar-refractivity contribution in [3.05, 3.63) is 16.6 Å². The lowest BCUT2D eigenvalue weighted by atomic mass is 10.1.